The molecule has 0 aliphatic carbocycles. The Morgan fingerprint density at radius 3 is 2.46 bits per heavy atom. The molecule has 0 saturated heterocycles. The van der Waals surface area contributed by atoms with Crippen molar-refractivity contribution >= 4 is 17.4 Å². The molecule has 128 valence electrons. The highest BCUT2D eigenvalue weighted by molar-refractivity contribution is 5.92. The molecule has 1 amide bonds. The van der Waals surface area contributed by atoms with E-state index in [1.165, 1.54) is 0 Å². The maximum absolute atomic E-state index is 12.2. The first-order valence-corrected chi connectivity index (χ1v) is 8.23. The molecular formula is C18H24N4O2. The van der Waals surface area contributed by atoms with Crippen molar-refractivity contribution in [3.8, 4) is 5.75 Å². The van der Waals surface area contributed by atoms with E-state index < -0.39 is 0 Å². The summed E-state index contributed by atoms with van der Waals surface area (Å²) in [4.78, 5) is 13.9. The fraction of sp³-hybridized carbons (Fsp3) is 0.389. The Balaban J connectivity index is 1.97. The number of carbonyl (C=O) groups excluding carboxylic acids is 1. The predicted octanol–water partition coefficient (Wildman–Crippen LogP) is 3.49. The lowest BCUT2D eigenvalue weighted by molar-refractivity contribution is 0.0786. The number of nitrogens with zero attached hydrogens (tertiary/aromatic N) is 3. The van der Waals surface area contributed by atoms with Crippen LogP contribution in [0.4, 0.5) is 11.5 Å². The van der Waals surface area contributed by atoms with Crippen molar-refractivity contribution in [3.63, 3.8) is 0 Å². The molecule has 6 nitrogen and oxygen atoms in total. The fourth-order valence-corrected chi connectivity index (χ4v) is 2.15. The summed E-state index contributed by atoms with van der Waals surface area (Å²) in [6, 6.07) is 11.0. The van der Waals surface area contributed by atoms with Crippen LogP contribution in [0, 0.1) is 0 Å². The van der Waals surface area contributed by atoms with Gasteiger partial charge in [-0.05, 0) is 49.7 Å². The molecule has 0 unspecified atom stereocenters. The SMILES string of the molecule is CCCCN(C)C(=O)c1ccc(Nc2ccc(OCC)cc2)nn1. The number of carbonyl (C=O) groups is 1. The second-order valence-corrected chi connectivity index (χ2v) is 5.47. The molecule has 6 heteroatoms. The van der Waals surface area contributed by atoms with Gasteiger partial charge >= 0.3 is 0 Å². The van der Waals surface area contributed by atoms with Crippen molar-refractivity contribution in [3.05, 3.63) is 42.1 Å². The number of rotatable bonds is 8. The van der Waals surface area contributed by atoms with Gasteiger partial charge < -0.3 is 15.0 Å². The third-order valence-corrected chi connectivity index (χ3v) is 3.52. The van der Waals surface area contributed by atoms with E-state index in [0.29, 0.717) is 18.1 Å². The van der Waals surface area contributed by atoms with Crippen LogP contribution < -0.4 is 10.1 Å². The number of ether oxygens (including phenoxy) is 1. The minimum absolute atomic E-state index is 0.108. The first kappa shape index (κ1) is 17.7. The lowest BCUT2D eigenvalue weighted by Crippen LogP contribution is -2.28. The van der Waals surface area contributed by atoms with Gasteiger partial charge in [0.25, 0.3) is 5.91 Å². The number of unbranched alkanes of at least 4 members (excludes halogenated alkanes) is 1. The van der Waals surface area contributed by atoms with Gasteiger partial charge in [-0.25, -0.2) is 0 Å². The highest BCUT2D eigenvalue weighted by Gasteiger charge is 2.13. The van der Waals surface area contributed by atoms with E-state index in [1.54, 1.807) is 24.1 Å². The lowest BCUT2D eigenvalue weighted by Gasteiger charge is -2.15. The molecule has 0 aliphatic heterocycles. The second-order valence-electron chi connectivity index (χ2n) is 5.47. The predicted molar refractivity (Wildman–Crippen MR) is 94.8 cm³/mol. The van der Waals surface area contributed by atoms with Crippen molar-refractivity contribution < 1.29 is 9.53 Å². The average molecular weight is 328 g/mol. The largest absolute Gasteiger partial charge is 0.494 e. The number of aromatic nitrogens is 2. The number of anilines is 2. The van der Waals surface area contributed by atoms with Gasteiger partial charge in [-0.1, -0.05) is 13.3 Å². The number of hydrogen-bond donors (Lipinski definition) is 1. The third kappa shape index (κ3) is 4.94. The highest BCUT2D eigenvalue weighted by atomic mass is 16.5. The maximum Gasteiger partial charge on any atom is 0.274 e. The Morgan fingerprint density at radius 2 is 1.88 bits per heavy atom. The van der Waals surface area contributed by atoms with E-state index >= 15 is 0 Å². The summed E-state index contributed by atoms with van der Waals surface area (Å²) >= 11 is 0. The highest BCUT2D eigenvalue weighted by Crippen LogP contribution is 2.18. The number of amides is 1. The molecule has 2 rings (SSSR count). The van der Waals surface area contributed by atoms with Crippen LogP contribution in [0.3, 0.4) is 0 Å². The van der Waals surface area contributed by atoms with E-state index in [4.69, 9.17) is 4.74 Å². The summed E-state index contributed by atoms with van der Waals surface area (Å²) in [5, 5.41) is 11.2. The lowest BCUT2D eigenvalue weighted by atomic mass is 10.3. The average Bonchev–Trinajstić information content (AvgIpc) is 2.61. The minimum Gasteiger partial charge on any atom is -0.494 e. The summed E-state index contributed by atoms with van der Waals surface area (Å²) < 4.78 is 5.41. The Kier molecular flexibility index (Phi) is 6.54. The van der Waals surface area contributed by atoms with Crippen LogP contribution in [-0.4, -0.2) is 41.2 Å². The Morgan fingerprint density at radius 1 is 1.12 bits per heavy atom. The van der Waals surface area contributed by atoms with Gasteiger partial charge in [-0.3, -0.25) is 4.79 Å². The molecule has 1 aromatic heterocycles. The van der Waals surface area contributed by atoms with Crippen LogP contribution in [0.5, 0.6) is 5.75 Å². The topological polar surface area (TPSA) is 67.4 Å². The Labute approximate surface area is 142 Å². The standard InChI is InChI=1S/C18H24N4O2/c1-4-6-13-22(3)18(23)16-11-12-17(21-20-16)19-14-7-9-15(10-8-14)24-5-2/h7-12H,4-6,13H2,1-3H3,(H,19,21). The van der Waals surface area contributed by atoms with Gasteiger partial charge in [0.15, 0.2) is 11.5 Å². The molecule has 0 atom stereocenters. The van der Waals surface area contributed by atoms with E-state index in [9.17, 15) is 4.79 Å². The summed E-state index contributed by atoms with van der Waals surface area (Å²) in [5.74, 6) is 1.31. The molecule has 0 fully saturated rings. The first-order chi connectivity index (χ1) is 11.6. The zero-order valence-electron chi connectivity index (χ0n) is 14.5. The smallest absolute Gasteiger partial charge is 0.274 e. The number of hydrogen-bond acceptors (Lipinski definition) is 5. The maximum atomic E-state index is 12.2. The van der Waals surface area contributed by atoms with Crippen molar-refractivity contribution in [1.29, 1.82) is 0 Å². The van der Waals surface area contributed by atoms with Gasteiger partial charge in [0.05, 0.1) is 6.61 Å². The van der Waals surface area contributed by atoms with Crippen LogP contribution >= 0.6 is 0 Å². The summed E-state index contributed by atoms with van der Waals surface area (Å²) in [5.41, 5.74) is 1.23. The van der Waals surface area contributed by atoms with Gasteiger partial charge in [-0.2, -0.15) is 0 Å². The molecule has 1 aromatic carbocycles. The summed E-state index contributed by atoms with van der Waals surface area (Å²) in [7, 11) is 1.78. The van der Waals surface area contributed by atoms with E-state index in [2.05, 4.69) is 22.4 Å². The molecule has 2 aromatic rings. The molecule has 0 bridgehead atoms. The van der Waals surface area contributed by atoms with Crippen LogP contribution in [0.2, 0.25) is 0 Å². The Bertz CT molecular complexity index is 641. The van der Waals surface area contributed by atoms with Gasteiger partial charge in [-0.15, -0.1) is 10.2 Å². The number of benzene rings is 1. The summed E-state index contributed by atoms with van der Waals surface area (Å²) in [6.45, 7) is 5.41. The van der Waals surface area contributed by atoms with Crippen LogP contribution in [0.25, 0.3) is 0 Å². The van der Waals surface area contributed by atoms with Crippen molar-refractivity contribution in [2.75, 3.05) is 25.5 Å². The molecule has 0 radical (unpaired) electrons. The summed E-state index contributed by atoms with van der Waals surface area (Å²) in [6.07, 6.45) is 2.03. The zero-order chi connectivity index (χ0) is 17.4. The first-order valence-electron chi connectivity index (χ1n) is 8.23. The second kappa shape index (κ2) is 8.86. The quantitative estimate of drug-likeness (QED) is 0.803. The molecule has 24 heavy (non-hydrogen) atoms. The number of nitrogens with one attached hydrogen (secondary N) is 1. The van der Waals surface area contributed by atoms with Crippen molar-refractivity contribution in [2.45, 2.75) is 26.7 Å². The molecule has 0 saturated carbocycles. The molecular weight excluding hydrogens is 304 g/mol. The van der Waals surface area contributed by atoms with Gasteiger partial charge in [0, 0.05) is 19.3 Å². The van der Waals surface area contributed by atoms with Crippen LogP contribution in [0.15, 0.2) is 36.4 Å². The molecule has 1 N–H and O–H groups in total. The van der Waals surface area contributed by atoms with Gasteiger partial charge in [0.2, 0.25) is 0 Å². The fourth-order valence-electron chi connectivity index (χ4n) is 2.15. The molecule has 1 heterocycles. The normalized spacial score (nSPS) is 10.3. The third-order valence-electron chi connectivity index (χ3n) is 3.52. The van der Waals surface area contributed by atoms with Crippen molar-refractivity contribution in [1.82, 2.24) is 15.1 Å². The minimum atomic E-state index is -0.108. The molecule has 0 aliphatic rings. The Hall–Kier alpha value is -2.63. The zero-order valence-corrected chi connectivity index (χ0v) is 14.5. The van der Waals surface area contributed by atoms with E-state index in [-0.39, 0.29) is 5.91 Å². The van der Waals surface area contributed by atoms with E-state index in [1.807, 2.05) is 31.2 Å². The van der Waals surface area contributed by atoms with E-state index in [0.717, 1.165) is 30.8 Å². The monoisotopic (exact) mass is 328 g/mol. The molecule has 0 spiro atoms. The van der Waals surface area contributed by atoms with Gasteiger partial charge in [0.1, 0.15) is 5.75 Å². The van der Waals surface area contributed by atoms with Crippen LogP contribution in [-0.2, 0) is 0 Å². The van der Waals surface area contributed by atoms with Crippen molar-refractivity contribution in [2.24, 2.45) is 0 Å². The van der Waals surface area contributed by atoms with Crippen LogP contribution in [0.1, 0.15) is 37.2 Å².